The number of nitrogens with zero attached hydrogens (tertiary/aromatic N) is 5. The van der Waals surface area contributed by atoms with E-state index in [0.717, 1.165) is 27.7 Å². The molecule has 0 aliphatic carbocycles. The third-order valence-electron chi connectivity index (χ3n) is 7.12. The lowest BCUT2D eigenvalue weighted by Crippen LogP contribution is -2.47. The van der Waals surface area contributed by atoms with Crippen LogP contribution in [0.3, 0.4) is 0 Å². The molecule has 40 heavy (non-hydrogen) atoms. The second-order valence-electron chi connectivity index (χ2n) is 9.55. The molecule has 0 bridgehead atoms. The average molecular weight is 568 g/mol. The molecule has 0 unspecified atom stereocenters. The molecule has 0 spiro atoms. The molecule has 1 aliphatic heterocycles. The quantitative estimate of drug-likeness (QED) is 0.265. The van der Waals surface area contributed by atoms with E-state index in [4.69, 9.17) is 15.0 Å². The number of phenolic OH excluding ortho intramolecular Hbond substituents is 1. The van der Waals surface area contributed by atoms with Gasteiger partial charge in [0.05, 0.1) is 36.1 Å². The van der Waals surface area contributed by atoms with Crippen molar-refractivity contribution >= 4 is 21.1 Å². The third kappa shape index (κ3) is 5.18. The van der Waals surface area contributed by atoms with Crippen molar-refractivity contribution in [2.45, 2.75) is 32.7 Å². The van der Waals surface area contributed by atoms with Crippen molar-refractivity contribution in [1.29, 1.82) is 5.26 Å². The average Bonchev–Trinajstić information content (AvgIpc) is 3.57. The van der Waals surface area contributed by atoms with Crippen molar-refractivity contribution in [3.63, 3.8) is 0 Å². The van der Waals surface area contributed by atoms with Crippen LogP contribution in [-0.2, 0) is 34.3 Å². The Morgan fingerprint density at radius 2 is 2.10 bits per heavy atom. The number of ether oxygens (including phenoxy) is 1. The van der Waals surface area contributed by atoms with Crippen LogP contribution < -0.4 is 0 Å². The van der Waals surface area contributed by atoms with Gasteiger partial charge in [-0.3, -0.25) is 5.10 Å². The van der Waals surface area contributed by atoms with E-state index in [0.29, 0.717) is 35.6 Å². The largest absolute Gasteiger partial charge is 0.505 e. The fourth-order valence-electron chi connectivity index (χ4n) is 4.99. The summed E-state index contributed by atoms with van der Waals surface area (Å²) >= 11 is 0. The molecule has 0 saturated carbocycles. The fourth-order valence-corrected chi connectivity index (χ4v) is 6.55. The van der Waals surface area contributed by atoms with Gasteiger partial charge in [0.15, 0.2) is 17.4 Å². The number of imidazole rings is 1. The molecule has 0 saturated heterocycles. The minimum Gasteiger partial charge on any atom is -0.505 e. The van der Waals surface area contributed by atoms with E-state index in [1.807, 2.05) is 31.2 Å². The number of aromatic hydroxyl groups is 1. The van der Waals surface area contributed by atoms with Crippen LogP contribution in [0.25, 0.3) is 33.5 Å². The summed E-state index contributed by atoms with van der Waals surface area (Å²) in [5.41, 5.74) is 5.09. The molecular formula is C27H30FN7O4S. The van der Waals surface area contributed by atoms with Crippen LogP contribution in [0.15, 0.2) is 30.3 Å². The molecule has 0 atom stereocenters. The zero-order chi connectivity index (χ0) is 28.4. The summed E-state index contributed by atoms with van der Waals surface area (Å²) in [6.45, 7) is 2.82. The number of hydrogen-bond acceptors (Lipinski definition) is 7. The van der Waals surface area contributed by atoms with Crippen molar-refractivity contribution < 1.29 is 22.7 Å². The highest BCUT2D eigenvalue weighted by Crippen LogP contribution is 2.34. The maximum atomic E-state index is 14.1. The zero-order valence-electron chi connectivity index (χ0n) is 22.2. The van der Waals surface area contributed by atoms with Gasteiger partial charge < -0.3 is 14.8 Å². The van der Waals surface area contributed by atoms with Crippen LogP contribution in [0.4, 0.5) is 4.39 Å². The maximum absolute atomic E-state index is 14.1. The van der Waals surface area contributed by atoms with Crippen LogP contribution in [0.2, 0.25) is 0 Å². The van der Waals surface area contributed by atoms with Crippen molar-refractivity contribution in [1.82, 2.24) is 28.8 Å². The second kappa shape index (κ2) is 11.3. The van der Waals surface area contributed by atoms with Crippen molar-refractivity contribution in [2.24, 2.45) is 0 Å². The number of nitriles is 1. The predicted molar refractivity (Wildman–Crippen MR) is 147 cm³/mol. The lowest BCUT2D eigenvalue weighted by Gasteiger charge is -2.31. The number of H-pyrrole nitrogens is 2. The van der Waals surface area contributed by atoms with Gasteiger partial charge in [-0.15, -0.1) is 0 Å². The third-order valence-corrected chi connectivity index (χ3v) is 9.10. The number of aromatic amines is 2. The fraction of sp³-hybridized carbons (Fsp3) is 0.370. The normalized spacial score (nSPS) is 14.1. The molecule has 5 rings (SSSR count). The van der Waals surface area contributed by atoms with Gasteiger partial charge in [-0.2, -0.15) is 27.4 Å². The lowest BCUT2D eigenvalue weighted by molar-refractivity contribution is 0.175. The number of halogens is 1. The Morgan fingerprint density at radius 1 is 1.27 bits per heavy atom. The second-order valence-corrected chi connectivity index (χ2v) is 11.5. The first-order valence-corrected chi connectivity index (χ1v) is 14.4. The first-order valence-electron chi connectivity index (χ1n) is 13.0. The molecule has 1 aliphatic rings. The molecule has 11 nitrogen and oxygen atoms in total. The summed E-state index contributed by atoms with van der Waals surface area (Å²) in [6, 6.07) is 10.4. The van der Waals surface area contributed by atoms with Gasteiger partial charge in [-0.1, -0.05) is 13.0 Å². The van der Waals surface area contributed by atoms with E-state index in [-0.39, 0.29) is 45.0 Å². The Labute approximate surface area is 231 Å². The van der Waals surface area contributed by atoms with E-state index in [1.165, 1.54) is 27.9 Å². The number of aromatic nitrogens is 4. The lowest BCUT2D eigenvalue weighted by atomic mass is 9.96. The van der Waals surface area contributed by atoms with Crippen LogP contribution in [0.1, 0.15) is 30.3 Å². The van der Waals surface area contributed by atoms with Gasteiger partial charge in [-0.25, -0.2) is 9.37 Å². The van der Waals surface area contributed by atoms with Crippen molar-refractivity contribution in [2.75, 3.05) is 33.4 Å². The summed E-state index contributed by atoms with van der Waals surface area (Å²) in [7, 11) is -2.31. The number of methoxy groups -OCH3 is 1. The van der Waals surface area contributed by atoms with Gasteiger partial charge in [0.25, 0.3) is 10.2 Å². The number of hydrogen-bond donors (Lipinski definition) is 3. The molecule has 0 amide bonds. The molecule has 13 heteroatoms. The number of nitrogens with one attached hydrogen (secondary N) is 2. The molecule has 3 heterocycles. The maximum Gasteiger partial charge on any atom is 0.282 e. The molecule has 3 N–H and O–H groups in total. The van der Waals surface area contributed by atoms with E-state index in [9.17, 15) is 17.9 Å². The van der Waals surface area contributed by atoms with E-state index >= 15 is 0 Å². The monoisotopic (exact) mass is 567 g/mol. The smallest absolute Gasteiger partial charge is 0.282 e. The van der Waals surface area contributed by atoms with Crippen LogP contribution in [0, 0.1) is 17.1 Å². The number of fused-ring (bicyclic) bond motifs is 2. The Bertz CT molecular complexity index is 1690. The zero-order valence-corrected chi connectivity index (χ0v) is 23.1. The van der Waals surface area contributed by atoms with Gasteiger partial charge in [0.2, 0.25) is 0 Å². The van der Waals surface area contributed by atoms with E-state index in [2.05, 4.69) is 15.2 Å². The topological polar surface area (TPSA) is 151 Å². The SMILES string of the molecule is CCc1cc(O)c(F)cc1-c1ccc2c(-c3nc4c([nH]3)CN(S(=O)(=O)N(CCC#N)CCOC)CC4)n[nH]c2c1. The van der Waals surface area contributed by atoms with E-state index < -0.39 is 16.0 Å². The first-order chi connectivity index (χ1) is 19.3. The standard InChI is InChI=1S/C27H30FN7O4S/c1-3-17-14-25(36)21(28)15-20(17)18-5-6-19-23(13-18)32-33-26(19)27-30-22-7-10-35(16-24(22)31-27)40(37,38)34(9-4-8-29)11-12-39-2/h5-6,13-15,36H,3-4,7,9-12,16H2,1-2H3,(H,30,31)(H,32,33). The minimum atomic E-state index is -3.81. The molecule has 0 fully saturated rings. The van der Waals surface area contributed by atoms with Crippen LogP contribution >= 0.6 is 0 Å². The molecule has 0 radical (unpaired) electrons. The van der Waals surface area contributed by atoms with Crippen molar-refractivity contribution in [3.8, 4) is 34.5 Å². The van der Waals surface area contributed by atoms with Crippen LogP contribution in [-0.4, -0.2) is 75.7 Å². The highest BCUT2D eigenvalue weighted by molar-refractivity contribution is 7.86. The Morgan fingerprint density at radius 3 is 2.85 bits per heavy atom. The molecular weight excluding hydrogens is 537 g/mol. The summed E-state index contributed by atoms with van der Waals surface area (Å²) in [6.07, 6.45) is 1.15. The summed E-state index contributed by atoms with van der Waals surface area (Å²) in [4.78, 5) is 7.98. The Kier molecular flexibility index (Phi) is 7.86. The molecule has 210 valence electrons. The van der Waals surface area contributed by atoms with Crippen LogP contribution in [0.5, 0.6) is 5.75 Å². The number of aryl methyl sites for hydroxylation is 1. The molecule has 2 aromatic heterocycles. The number of rotatable bonds is 10. The summed E-state index contributed by atoms with van der Waals surface area (Å²) in [5.74, 6) is -0.529. The Balaban J connectivity index is 1.41. The van der Waals surface area contributed by atoms with Gasteiger partial charge in [-0.05, 0) is 47.4 Å². The van der Waals surface area contributed by atoms with Crippen molar-refractivity contribution in [3.05, 3.63) is 53.1 Å². The molecule has 4 aromatic rings. The minimum absolute atomic E-state index is 0.0889. The highest BCUT2D eigenvalue weighted by atomic mass is 32.2. The number of phenols is 1. The summed E-state index contributed by atoms with van der Waals surface area (Å²) in [5, 5.41) is 27.0. The van der Waals surface area contributed by atoms with E-state index in [1.54, 1.807) is 0 Å². The highest BCUT2D eigenvalue weighted by Gasteiger charge is 2.33. The van der Waals surface area contributed by atoms with Gasteiger partial charge in [0, 0.05) is 45.0 Å². The summed E-state index contributed by atoms with van der Waals surface area (Å²) < 4.78 is 48.6. The van der Waals surface area contributed by atoms with Gasteiger partial charge in [0.1, 0.15) is 5.69 Å². The molecule has 2 aromatic carbocycles. The first kappa shape index (κ1) is 27.7. The Hall–Kier alpha value is -3.83. The number of benzene rings is 2. The van der Waals surface area contributed by atoms with Gasteiger partial charge >= 0.3 is 0 Å². The predicted octanol–water partition coefficient (Wildman–Crippen LogP) is 3.49.